The first-order valence-corrected chi connectivity index (χ1v) is 9.10. The van der Waals surface area contributed by atoms with Gasteiger partial charge in [0.25, 0.3) is 5.91 Å². The van der Waals surface area contributed by atoms with Gasteiger partial charge in [-0.3, -0.25) is 9.59 Å². The van der Waals surface area contributed by atoms with Crippen LogP contribution in [0.1, 0.15) is 15.4 Å². The highest BCUT2D eigenvalue weighted by molar-refractivity contribution is 9.10. The van der Waals surface area contributed by atoms with E-state index in [0.717, 1.165) is 10.4 Å². The molecular weight excluding hydrogens is 425 g/mol. The van der Waals surface area contributed by atoms with E-state index in [1.807, 2.05) is 6.92 Å². The molecule has 2 N–H and O–H groups in total. The van der Waals surface area contributed by atoms with Crippen LogP contribution in [0.3, 0.4) is 0 Å². The first-order chi connectivity index (χ1) is 12.4. The lowest BCUT2D eigenvalue weighted by Crippen LogP contribution is -2.32. The third kappa shape index (κ3) is 4.36. The SMILES string of the molecule is Cc1sc(NC(=O)CNC(=O)c2ccc(Br)o2)nc1-c1ccc(F)cc1. The molecule has 9 heteroatoms. The quantitative estimate of drug-likeness (QED) is 0.631. The summed E-state index contributed by atoms with van der Waals surface area (Å²) in [5.74, 6) is -1.13. The van der Waals surface area contributed by atoms with E-state index in [-0.39, 0.29) is 18.1 Å². The van der Waals surface area contributed by atoms with Gasteiger partial charge in [-0.25, -0.2) is 9.37 Å². The Balaban J connectivity index is 1.60. The zero-order valence-corrected chi connectivity index (χ0v) is 15.9. The number of nitrogens with zero attached hydrogens (tertiary/aromatic N) is 1. The number of carbonyl (C=O) groups is 2. The van der Waals surface area contributed by atoms with Crippen molar-refractivity contribution in [3.8, 4) is 11.3 Å². The predicted octanol–water partition coefficient (Wildman–Crippen LogP) is 3.98. The standard InChI is InChI=1S/C17H13BrFN3O3S/c1-9-15(10-2-4-11(19)5-3-10)22-17(26-9)21-14(23)8-20-16(24)12-6-7-13(18)25-12/h2-7H,8H2,1H3,(H,20,24)(H,21,22,23). The lowest BCUT2D eigenvalue weighted by Gasteiger charge is -2.03. The molecule has 0 radical (unpaired) electrons. The summed E-state index contributed by atoms with van der Waals surface area (Å²) in [5.41, 5.74) is 1.44. The number of hydrogen-bond donors (Lipinski definition) is 2. The lowest BCUT2D eigenvalue weighted by atomic mass is 10.1. The molecule has 2 heterocycles. The van der Waals surface area contributed by atoms with Crippen LogP contribution in [0.4, 0.5) is 9.52 Å². The maximum atomic E-state index is 13.0. The predicted molar refractivity (Wildman–Crippen MR) is 99.6 cm³/mol. The number of hydrogen-bond acceptors (Lipinski definition) is 5. The number of furan rings is 1. The number of benzene rings is 1. The van der Waals surface area contributed by atoms with Crippen LogP contribution in [-0.2, 0) is 4.79 Å². The van der Waals surface area contributed by atoms with E-state index in [0.29, 0.717) is 15.5 Å². The summed E-state index contributed by atoms with van der Waals surface area (Å²) >= 11 is 4.40. The van der Waals surface area contributed by atoms with Crippen molar-refractivity contribution in [2.75, 3.05) is 11.9 Å². The molecule has 0 atom stereocenters. The van der Waals surface area contributed by atoms with E-state index in [9.17, 15) is 14.0 Å². The number of anilines is 1. The number of aromatic nitrogens is 1. The van der Waals surface area contributed by atoms with Gasteiger partial charge in [0, 0.05) is 10.4 Å². The molecule has 134 valence electrons. The van der Waals surface area contributed by atoms with E-state index < -0.39 is 11.8 Å². The number of halogens is 2. The van der Waals surface area contributed by atoms with Crippen LogP contribution < -0.4 is 10.6 Å². The molecule has 0 aliphatic rings. The molecule has 26 heavy (non-hydrogen) atoms. The Bertz CT molecular complexity index is 953. The summed E-state index contributed by atoms with van der Waals surface area (Å²) in [5, 5.41) is 5.50. The number of nitrogens with one attached hydrogen (secondary N) is 2. The van der Waals surface area contributed by atoms with Gasteiger partial charge in [0.05, 0.1) is 12.2 Å². The van der Waals surface area contributed by atoms with Crippen molar-refractivity contribution in [2.24, 2.45) is 0 Å². The number of carbonyl (C=O) groups excluding carboxylic acids is 2. The van der Waals surface area contributed by atoms with Gasteiger partial charge in [0.15, 0.2) is 15.6 Å². The summed E-state index contributed by atoms with van der Waals surface area (Å²) in [6.45, 7) is 1.64. The summed E-state index contributed by atoms with van der Waals surface area (Å²) in [4.78, 5) is 29.1. The van der Waals surface area contributed by atoms with Crippen molar-refractivity contribution in [3.05, 3.63) is 57.5 Å². The maximum absolute atomic E-state index is 13.0. The third-order valence-electron chi connectivity index (χ3n) is 3.37. The average Bonchev–Trinajstić information content (AvgIpc) is 3.19. The molecule has 0 aliphatic carbocycles. The molecule has 0 unspecified atom stereocenters. The second kappa shape index (κ2) is 7.79. The van der Waals surface area contributed by atoms with E-state index in [2.05, 4.69) is 31.5 Å². The van der Waals surface area contributed by atoms with Crippen LogP contribution >= 0.6 is 27.3 Å². The Morgan fingerprint density at radius 2 is 1.96 bits per heavy atom. The van der Waals surface area contributed by atoms with Crippen LogP contribution in [-0.4, -0.2) is 23.3 Å². The summed E-state index contributed by atoms with van der Waals surface area (Å²) in [6, 6.07) is 9.06. The van der Waals surface area contributed by atoms with E-state index in [1.165, 1.54) is 29.5 Å². The van der Waals surface area contributed by atoms with Gasteiger partial charge in [-0.15, -0.1) is 11.3 Å². The highest BCUT2D eigenvalue weighted by atomic mass is 79.9. The van der Waals surface area contributed by atoms with Gasteiger partial charge in [0.2, 0.25) is 5.91 Å². The summed E-state index contributed by atoms with van der Waals surface area (Å²) in [6.07, 6.45) is 0. The Labute approximate surface area is 160 Å². The molecule has 3 aromatic rings. The molecule has 6 nitrogen and oxygen atoms in total. The average molecular weight is 438 g/mol. The minimum atomic E-state index is -0.492. The molecule has 3 rings (SSSR count). The van der Waals surface area contributed by atoms with Gasteiger partial charge in [-0.2, -0.15) is 0 Å². The summed E-state index contributed by atoms with van der Waals surface area (Å²) < 4.78 is 18.6. The molecule has 2 aromatic heterocycles. The largest absolute Gasteiger partial charge is 0.444 e. The van der Waals surface area contributed by atoms with Gasteiger partial charge >= 0.3 is 0 Å². The number of amides is 2. The second-order valence-corrected chi connectivity index (χ2v) is 7.25. The van der Waals surface area contributed by atoms with Crippen LogP contribution in [0.15, 0.2) is 45.5 Å². The zero-order chi connectivity index (χ0) is 18.7. The normalized spacial score (nSPS) is 10.6. The Morgan fingerprint density at radius 1 is 1.23 bits per heavy atom. The van der Waals surface area contributed by atoms with Crippen molar-refractivity contribution in [2.45, 2.75) is 6.92 Å². The lowest BCUT2D eigenvalue weighted by molar-refractivity contribution is -0.115. The minimum Gasteiger partial charge on any atom is -0.444 e. The Kier molecular flexibility index (Phi) is 5.48. The third-order valence-corrected chi connectivity index (χ3v) is 4.68. The molecular formula is C17H13BrFN3O3S. The van der Waals surface area contributed by atoms with Crippen LogP contribution in [0, 0.1) is 12.7 Å². The van der Waals surface area contributed by atoms with Crippen molar-refractivity contribution in [3.63, 3.8) is 0 Å². The Morgan fingerprint density at radius 3 is 2.62 bits per heavy atom. The first kappa shape index (κ1) is 18.3. The molecule has 0 aliphatic heterocycles. The topological polar surface area (TPSA) is 84.2 Å². The molecule has 2 amide bonds. The van der Waals surface area contributed by atoms with Crippen molar-refractivity contribution in [1.82, 2.24) is 10.3 Å². The number of rotatable bonds is 5. The van der Waals surface area contributed by atoms with Crippen molar-refractivity contribution >= 4 is 44.2 Å². The minimum absolute atomic E-state index is 0.105. The van der Waals surface area contributed by atoms with E-state index in [1.54, 1.807) is 18.2 Å². The van der Waals surface area contributed by atoms with E-state index in [4.69, 9.17) is 4.42 Å². The zero-order valence-electron chi connectivity index (χ0n) is 13.5. The monoisotopic (exact) mass is 437 g/mol. The molecule has 0 spiro atoms. The van der Waals surface area contributed by atoms with E-state index >= 15 is 0 Å². The molecule has 0 bridgehead atoms. The molecule has 0 saturated carbocycles. The summed E-state index contributed by atoms with van der Waals surface area (Å²) in [7, 11) is 0. The number of aryl methyl sites for hydroxylation is 1. The van der Waals surface area contributed by atoms with Gasteiger partial charge < -0.3 is 15.1 Å². The fraction of sp³-hybridized carbons (Fsp3) is 0.118. The molecule has 0 saturated heterocycles. The van der Waals surface area contributed by atoms with Gasteiger partial charge in [0.1, 0.15) is 5.82 Å². The number of thiazole rings is 1. The van der Waals surface area contributed by atoms with Crippen LogP contribution in [0.25, 0.3) is 11.3 Å². The van der Waals surface area contributed by atoms with Gasteiger partial charge in [-0.05, 0) is 59.3 Å². The highest BCUT2D eigenvalue weighted by Crippen LogP contribution is 2.30. The maximum Gasteiger partial charge on any atom is 0.287 e. The molecule has 1 aromatic carbocycles. The van der Waals surface area contributed by atoms with Crippen molar-refractivity contribution in [1.29, 1.82) is 0 Å². The first-order valence-electron chi connectivity index (χ1n) is 7.49. The van der Waals surface area contributed by atoms with Gasteiger partial charge in [-0.1, -0.05) is 0 Å². The fourth-order valence-corrected chi connectivity index (χ4v) is 3.33. The van der Waals surface area contributed by atoms with Crippen LogP contribution in [0.5, 0.6) is 0 Å². The van der Waals surface area contributed by atoms with Crippen LogP contribution in [0.2, 0.25) is 0 Å². The second-order valence-electron chi connectivity index (χ2n) is 5.27. The Hall–Kier alpha value is -2.52. The van der Waals surface area contributed by atoms with Crippen molar-refractivity contribution < 1.29 is 18.4 Å². The fourth-order valence-electron chi connectivity index (χ4n) is 2.17. The highest BCUT2D eigenvalue weighted by Gasteiger charge is 2.14. The molecule has 0 fully saturated rings. The smallest absolute Gasteiger partial charge is 0.287 e.